The van der Waals surface area contributed by atoms with Crippen LogP contribution in [0.4, 0.5) is 4.39 Å². The highest BCUT2D eigenvalue weighted by Gasteiger charge is 2.20. The summed E-state index contributed by atoms with van der Waals surface area (Å²) in [5.41, 5.74) is 7.94. The summed E-state index contributed by atoms with van der Waals surface area (Å²) in [6, 6.07) is 11.8. The van der Waals surface area contributed by atoms with Crippen molar-refractivity contribution in [3.05, 3.63) is 65.5 Å². The molecule has 0 saturated heterocycles. The molecular weight excluding hydrogens is 289 g/mol. The SMILES string of the molecule is CCc1ccc(C(N)CS(=O)(=O)c2ccc(F)cc2)cc1. The third-order valence-corrected chi connectivity index (χ3v) is 5.18. The molecule has 112 valence electrons. The second kappa shape index (κ2) is 6.37. The van der Waals surface area contributed by atoms with E-state index >= 15 is 0 Å². The van der Waals surface area contributed by atoms with Gasteiger partial charge in [0.05, 0.1) is 10.6 Å². The van der Waals surface area contributed by atoms with Crippen LogP contribution in [-0.2, 0) is 16.3 Å². The number of nitrogens with two attached hydrogens (primary N) is 1. The fourth-order valence-corrected chi connectivity index (χ4v) is 3.48. The van der Waals surface area contributed by atoms with E-state index in [2.05, 4.69) is 0 Å². The Morgan fingerprint density at radius 1 is 1.05 bits per heavy atom. The fourth-order valence-electron chi connectivity index (χ4n) is 2.07. The van der Waals surface area contributed by atoms with Gasteiger partial charge in [-0.3, -0.25) is 0 Å². The smallest absolute Gasteiger partial charge is 0.180 e. The number of hydrogen-bond acceptors (Lipinski definition) is 3. The van der Waals surface area contributed by atoms with E-state index in [1.165, 1.54) is 17.7 Å². The molecule has 0 aromatic heterocycles. The number of sulfone groups is 1. The molecule has 2 aromatic carbocycles. The average Bonchev–Trinajstić information content (AvgIpc) is 2.47. The van der Waals surface area contributed by atoms with Crippen LogP contribution in [0.2, 0.25) is 0 Å². The van der Waals surface area contributed by atoms with Gasteiger partial charge in [-0.15, -0.1) is 0 Å². The lowest BCUT2D eigenvalue weighted by atomic mass is 10.1. The summed E-state index contributed by atoms with van der Waals surface area (Å²) < 4.78 is 37.3. The van der Waals surface area contributed by atoms with Crippen molar-refractivity contribution in [3.8, 4) is 0 Å². The topological polar surface area (TPSA) is 60.2 Å². The Balaban J connectivity index is 2.17. The fraction of sp³-hybridized carbons (Fsp3) is 0.250. The number of hydrogen-bond donors (Lipinski definition) is 1. The lowest BCUT2D eigenvalue weighted by Crippen LogP contribution is -2.21. The Morgan fingerprint density at radius 2 is 1.62 bits per heavy atom. The van der Waals surface area contributed by atoms with Crippen molar-refractivity contribution in [3.63, 3.8) is 0 Å². The Labute approximate surface area is 124 Å². The highest BCUT2D eigenvalue weighted by atomic mass is 32.2. The summed E-state index contributed by atoms with van der Waals surface area (Å²) in [4.78, 5) is 0.0875. The van der Waals surface area contributed by atoms with Crippen molar-refractivity contribution in [2.75, 3.05) is 5.75 Å². The van der Waals surface area contributed by atoms with Crippen LogP contribution in [0.15, 0.2) is 53.4 Å². The van der Waals surface area contributed by atoms with Crippen LogP contribution in [0.1, 0.15) is 24.1 Å². The molecule has 0 aliphatic rings. The molecule has 0 saturated carbocycles. The summed E-state index contributed by atoms with van der Waals surface area (Å²) in [5.74, 6) is -0.669. The first-order chi connectivity index (χ1) is 9.92. The minimum atomic E-state index is -3.53. The molecule has 2 N–H and O–H groups in total. The third kappa shape index (κ3) is 3.89. The van der Waals surface area contributed by atoms with Gasteiger partial charge in [0.15, 0.2) is 9.84 Å². The van der Waals surface area contributed by atoms with Crippen LogP contribution in [0.3, 0.4) is 0 Å². The summed E-state index contributed by atoms with van der Waals surface area (Å²) in [7, 11) is -3.53. The van der Waals surface area contributed by atoms with Crippen molar-refractivity contribution in [2.24, 2.45) is 5.73 Å². The van der Waals surface area contributed by atoms with Gasteiger partial charge in [-0.25, -0.2) is 12.8 Å². The summed E-state index contributed by atoms with van der Waals surface area (Å²) in [5, 5.41) is 0. The van der Waals surface area contributed by atoms with E-state index in [4.69, 9.17) is 5.73 Å². The number of rotatable bonds is 5. The van der Waals surface area contributed by atoms with Crippen molar-refractivity contribution in [1.82, 2.24) is 0 Å². The quantitative estimate of drug-likeness (QED) is 0.864. The molecule has 21 heavy (non-hydrogen) atoms. The highest BCUT2D eigenvalue weighted by molar-refractivity contribution is 7.91. The van der Waals surface area contributed by atoms with Crippen LogP contribution < -0.4 is 5.73 Å². The molecule has 3 nitrogen and oxygen atoms in total. The van der Waals surface area contributed by atoms with Gasteiger partial charge >= 0.3 is 0 Å². The standard InChI is InChI=1S/C16H18FNO2S/c1-2-12-3-5-13(6-4-12)16(18)11-21(19,20)15-9-7-14(17)8-10-15/h3-10,16H,2,11,18H2,1H3. The van der Waals surface area contributed by atoms with E-state index in [1.807, 2.05) is 31.2 Å². The highest BCUT2D eigenvalue weighted by Crippen LogP contribution is 2.19. The molecule has 0 bridgehead atoms. The molecule has 5 heteroatoms. The minimum absolute atomic E-state index is 0.0875. The van der Waals surface area contributed by atoms with Gasteiger partial charge in [-0.1, -0.05) is 31.2 Å². The van der Waals surface area contributed by atoms with Gasteiger partial charge in [0.1, 0.15) is 5.82 Å². The molecule has 0 aliphatic heterocycles. The molecule has 0 aliphatic carbocycles. The monoisotopic (exact) mass is 307 g/mol. The molecule has 2 rings (SSSR count). The Bertz CT molecular complexity index is 694. The van der Waals surface area contributed by atoms with Gasteiger partial charge < -0.3 is 5.73 Å². The van der Waals surface area contributed by atoms with Gasteiger partial charge in [0.25, 0.3) is 0 Å². The van der Waals surface area contributed by atoms with Crippen molar-refractivity contribution < 1.29 is 12.8 Å². The first-order valence-corrected chi connectivity index (χ1v) is 8.40. The van der Waals surface area contributed by atoms with Crippen molar-refractivity contribution >= 4 is 9.84 Å². The van der Waals surface area contributed by atoms with Crippen molar-refractivity contribution in [2.45, 2.75) is 24.3 Å². The van der Waals surface area contributed by atoms with Gasteiger partial charge in [0, 0.05) is 6.04 Å². The number of halogens is 1. The van der Waals surface area contributed by atoms with E-state index in [0.29, 0.717) is 0 Å². The second-order valence-corrected chi connectivity index (χ2v) is 6.97. The molecule has 0 spiro atoms. The first-order valence-electron chi connectivity index (χ1n) is 6.75. The molecular formula is C16H18FNO2S. The van der Waals surface area contributed by atoms with E-state index in [9.17, 15) is 12.8 Å². The van der Waals surface area contributed by atoms with Crippen molar-refractivity contribution in [1.29, 1.82) is 0 Å². The van der Waals surface area contributed by atoms with Gasteiger partial charge in [0.2, 0.25) is 0 Å². The third-order valence-electron chi connectivity index (χ3n) is 3.39. The van der Waals surface area contributed by atoms with E-state index in [-0.39, 0.29) is 10.6 Å². The molecule has 0 radical (unpaired) electrons. The van der Waals surface area contributed by atoms with Crippen LogP contribution >= 0.6 is 0 Å². The maximum Gasteiger partial charge on any atom is 0.180 e. The zero-order valence-corrected chi connectivity index (χ0v) is 12.6. The Morgan fingerprint density at radius 3 is 2.14 bits per heavy atom. The molecule has 0 amide bonds. The lowest BCUT2D eigenvalue weighted by Gasteiger charge is -2.13. The molecule has 1 unspecified atom stereocenters. The van der Waals surface area contributed by atoms with E-state index < -0.39 is 21.7 Å². The van der Waals surface area contributed by atoms with Gasteiger partial charge in [-0.05, 0) is 41.8 Å². The normalized spacial score (nSPS) is 13.1. The Kier molecular flexibility index (Phi) is 4.75. The van der Waals surface area contributed by atoms with Gasteiger partial charge in [-0.2, -0.15) is 0 Å². The maximum atomic E-state index is 12.9. The predicted octanol–water partition coefficient (Wildman–Crippen LogP) is 2.86. The number of benzene rings is 2. The van der Waals surface area contributed by atoms with Crippen LogP contribution in [-0.4, -0.2) is 14.2 Å². The molecule has 0 fully saturated rings. The first kappa shape index (κ1) is 15.7. The second-order valence-electron chi connectivity index (χ2n) is 4.94. The van der Waals surface area contributed by atoms with E-state index in [1.54, 1.807) is 0 Å². The average molecular weight is 307 g/mol. The van der Waals surface area contributed by atoms with E-state index in [0.717, 1.165) is 24.1 Å². The summed E-state index contributed by atoms with van der Waals surface area (Å²) >= 11 is 0. The zero-order valence-electron chi connectivity index (χ0n) is 11.8. The summed E-state index contributed by atoms with van der Waals surface area (Å²) in [6.45, 7) is 2.05. The summed E-state index contributed by atoms with van der Waals surface area (Å²) in [6.07, 6.45) is 0.920. The van der Waals surface area contributed by atoms with Crippen LogP contribution in [0.25, 0.3) is 0 Å². The molecule has 2 aromatic rings. The Hall–Kier alpha value is -1.72. The van der Waals surface area contributed by atoms with Crippen LogP contribution in [0, 0.1) is 5.82 Å². The lowest BCUT2D eigenvalue weighted by molar-refractivity contribution is 0.588. The van der Waals surface area contributed by atoms with Crippen LogP contribution in [0.5, 0.6) is 0 Å². The largest absolute Gasteiger partial charge is 0.323 e. The number of aryl methyl sites for hydroxylation is 1. The predicted molar refractivity (Wildman–Crippen MR) is 81.2 cm³/mol. The zero-order chi connectivity index (χ0) is 15.5. The minimum Gasteiger partial charge on any atom is -0.323 e. The maximum absolute atomic E-state index is 12.9. The molecule has 1 atom stereocenters. The molecule has 0 heterocycles.